The van der Waals surface area contributed by atoms with Crippen molar-refractivity contribution in [1.82, 2.24) is 9.29 Å². The van der Waals surface area contributed by atoms with Crippen LogP contribution in [-0.2, 0) is 10.0 Å². The van der Waals surface area contributed by atoms with E-state index in [0.29, 0.717) is 30.9 Å². The molecule has 3 aromatic carbocycles. The summed E-state index contributed by atoms with van der Waals surface area (Å²) in [5, 5.41) is 15.5. The number of fused-ring (bicyclic) bond motifs is 1. The molecule has 12 heteroatoms. The van der Waals surface area contributed by atoms with Crippen LogP contribution in [0, 0.1) is 0 Å². The molecule has 0 unspecified atom stereocenters. The highest BCUT2D eigenvalue weighted by atomic mass is 35.5. The summed E-state index contributed by atoms with van der Waals surface area (Å²) in [6, 6.07) is 21.9. The van der Waals surface area contributed by atoms with Crippen LogP contribution in [0.1, 0.15) is 35.4 Å². The molecule has 0 spiro atoms. The van der Waals surface area contributed by atoms with Gasteiger partial charge in [-0.15, -0.1) is 0 Å². The zero-order valence-corrected chi connectivity index (χ0v) is 23.2. The summed E-state index contributed by atoms with van der Waals surface area (Å²) in [6.07, 6.45) is 0.329. The molecule has 0 bridgehead atoms. The van der Waals surface area contributed by atoms with Gasteiger partial charge >= 0.3 is 15.5 Å². The van der Waals surface area contributed by atoms with Gasteiger partial charge in [0.2, 0.25) is 5.88 Å². The first-order valence-electron chi connectivity index (χ1n) is 12.4. The van der Waals surface area contributed by atoms with E-state index in [4.69, 9.17) is 23.2 Å². The number of pyridine rings is 1. The molecule has 6 nitrogen and oxygen atoms in total. The molecule has 5 rings (SSSR count). The Labute approximate surface area is 239 Å². The number of alkyl halides is 3. The lowest BCUT2D eigenvalue weighted by Gasteiger charge is -2.32. The maximum absolute atomic E-state index is 13.0. The van der Waals surface area contributed by atoms with Gasteiger partial charge in [-0.1, -0.05) is 53.5 Å². The van der Waals surface area contributed by atoms with Gasteiger partial charge in [0.1, 0.15) is 0 Å². The Morgan fingerprint density at radius 3 is 1.93 bits per heavy atom. The molecule has 4 aromatic rings. The van der Waals surface area contributed by atoms with Crippen molar-refractivity contribution in [3.05, 3.63) is 99.5 Å². The lowest BCUT2D eigenvalue weighted by atomic mass is 9.84. The zero-order valence-electron chi connectivity index (χ0n) is 20.9. The van der Waals surface area contributed by atoms with Crippen LogP contribution in [0.5, 0.6) is 5.88 Å². The topological polar surface area (TPSA) is 82.5 Å². The molecule has 0 atom stereocenters. The average molecular weight is 610 g/mol. The van der Waals surface area contributed by atoms with Crippen LogP contribution < -0.4 is 5.32 Å². The summed E-state index contributed by atoms with van der Waals surface area (Å²) in [6.45, 7) is -0.538. The molecule has 210 valence electrons. The minimum absolute atomic E-state index is 0.164. The maximum Gasteiger partial charge on any atom is 0.511 e. The van der Waals surface area contributed by atoms with E-state index < -0.39 is 15.5 Å². The number of anilines is 1. The molecule has 2 N–H and O–H groups in total. The van der Waals surface area contributed by atoms with E-state index in [1.807, 2.05) is 60.7 Å². The Balaban J connectivity index is 1.48. The SMILES string of the molecule is O=S(=O)(N1CCC(Nc2cc(O)nc3ccc(C(c4ccc(Cl)cc4)c4ccc(Cl)cc4)cc23)CC1)C(F)(F)F. The van der Waals surface area contributed by atoms with Crippen molar-refractivity contribution in [3.8, 4) is 5.88 Å². The predicted octanol–water partition coefficient (Wildman–Crippen LogP) is 7.15. The van der Waals surface area contributed by atoms with Gasteiger partial charge in [-0.3, -0.25) is 0 Å². The standard InChI is InChI=1S/C28H24Cl2F3N3O3S/c29-20-6-1-17(2-7-20)27(18-3-8-21(30)9-4-18)19-5-10-24-23(15-19)25(16-26(37)35-24)34-22-11-13-36(14-12-22)40(38,39)28(31,32)33/h1-10,15-16,22,27H,11-14H2,(H2,34,35,37). The van der Waals surface area contributed by atoms with E-state index in [1.165, 1.54) is 6.07 Å². The summed E-state index contributed by atoms with van der Waals surface area (Å²) in [7, 11) is -5.37. The normalized spacial score (nSPS) is 15.6. The lowest BCUT2D eigenvalue weighted by molar-refractivity contribution is -0.0494. The quantitative estimate of drug-likeness (QED) is 0.227. The van der Waals surface area contributed by atoms with Crippen LogP contribution in [0.2, 0.25) is 10.0 Å². The van der Waals surface area contributed by atoms with Crippen molar-refractivity contribution in [1.29, 1.82) is 0 Å². The summed E-state index contributed by atoms with van der Waals surface area (Å²) in [4.78, 5) is 4.24. The molecule has 1 aliphatic heterocycles. The maximum atomic E-state index is 13.0. The second-order valence-electron chi connectivity index (χ2n) is 9.61. The molecular formula is C28H24Cl2F3N3O3S. The molecule has 1 aliphatic rings. The third-order valence-corrected chi connectivity index (χ3v) is 9.14. The number of benzene rings is 3. The van der Waals surface area contributed by atoms with Crippen LogP contribution in [-0.4, -0.2) is 47.5 Å². The first-order valence-corrected chi connectivity index (χ1v) is 14.6. The van der Waals surface area contributed by atoms with Crippen molar-refractivity contribution in [2.75, 3.05) is 18.4 Å². The minimum atomic E-state index is -5.37. The number of aromatic hydroxyl groups is 1. The first-order chi connectivity index (χ1) is 18.9. The number of piperidine rings is 1. The fourth-order valence-electron chi connectivity index (χ4n) is 5.02. The van der Waals surface area contributed by atoms with Crippen LogP contribution in [0.25, 0.3) is 10.9 Å². The number of hydrogen-bond donors (Lipinski definition) is 2. The molecule has 2 heterocycles. The summed E-state index contributed by atoms with van der Waals surface area (Å²) >= 11 is 12.3. The number of sulfonamides is 1. The van der Waals surface area contributed by atoms with Crippen LogP contribution >= 0.6 is 23.2 Å². The van der Waals surface area contributed by atoms with E-state index in [9.17, 15) is 26.7 Å². The molecule has 1 fully saturated rings. The highest BCUT2D eigenvalue weighted by Gasteiger charge is 2.50. The Morgan fingerprint density at radius 2 is 1.40 bits per heavy atom. The fourth-order valence-corrected chi connectivity index (χ4v) is 6.26. The monoisotopic (exact) mass is 609 g/mol. The van der Waals surface area contributed by atoms with Crippen LogP contribution in [0.4, 0.5) is 18.9 Å². The summed E-state index contributed by atoms with van der Waals surface area (Å²) in [5.41, 5.74) is -1.35. The van der Waals surface area contributed by atoms with Crippen molar-refractivity contribution in [2.24, 2.45) is 0 Å². The van der Waals surface area contributed by atoms with Crippen molar-refractivity contribution < 1.29 is 26.7 Å². The molecule has 40 heavy (non-hydrogen) atoms. The van der Waals surface area contributed by atoms with E-state index in [-0.39, 0.29) is 43.8 Å². The first kappa shape index (κ1) is 28.5. The van der Waals surface area contributed by atoms with E-state index >= 15 is 0 Å². The van der Waals surface area contributed by atoms with Gasteiger partial charge in [0.15, 0.2) is 0 Å². The Bertz CT molecular complexity index is 1580. The van der Waals surface area contributed by atoms with Gasteiger partial charge in [-0.2, -0.15) is 17.5 Å². The number of nitrogens with one attached hydrogen (secondary N) is 1. The molecule has 0 aliphatic carbocycles. The number of aromatic nitrogens is 1. The second-order valence-corrected chi connectivity index (χ2v) is 12.4. The van der Waals surface area contributed by atoms with Crippen LogP contribution in [0.3, 0.4) is 0 Å². The molecule has 1 saturated heterocycles. The van der Waals surface area contributed by atoms with Crippen molar-refractivity contribution in [2.45, 2.75) is 30.3 Å². The van der Waals surface area contributed by atoms with Crippen molar-refractivity contribution in [3.63, 3.8) is 0 Å². The van der Waals surface area contributed by atoms with Crippen LogP contribution in [0.15, 0.2) is 72.8 Å². The largest absolute Gasteiger partial charge is 0.511 e. The number of rotatable bonds is 6. The Hall–Kier alpha value is -3.05. The van der Waals surface area contributed by atoms with Gasteiger partial charge < -0.3 is 10.4 Å². The Morgan fingerprint density at radius 1 is 0.875 bits per heavy atom. The van der Waals surface area contributed by atoms with Gasteiger partial charge in [-0.05, 0) is 65.9 Å². The number of hydrogen-bond acceptors (Lipinski definition) is 5. The second kappa shape index (κ2) is 11.1. The smallest absolute Gasteiger partial charge is 0.493 e. The highest BCUT2D eigenvalue weighted by molar-refractivity contribution is 7.90. The molecule has 0 saturated carbocycles. The van der Waals surface area contributed by atoms with Gasteiger partial charge in [0.05, 0.1) is 5.52 Å². The third-order valence-electron chi connectivity index (χ3n) is 7.01. The van der Waals surface area contributed by atoms with Crippen molar-refractivity contribution >= 4 is 49.8 Å². The van der Waals surface area contributed by atoms with E-state index in [0.717, 1.165) is 16.7 Å². The van der Waals surface area contributed by atoms with Gasteiger partial charge in [-0.25, -0.2) is 13.4 Å². The van der Waals surface area contributed by atoms with Gasteiger partial charge in [0, 0.05) is 52.2 Å². The van der Waals surface area contributed by atoms with E-state index in [1.54, 1.807) is 6.07 Å². The molecule has 0 radical (unpaired) electrons. The molecular weight excluding hydrogens is 586 g/mol. The highest BCUT2D eigenvalue weighted by Crippen LogP contribution is 2.37. The summed E-state index contributed by atoms with van der Waals surface area (Å²) < 4.78 is 63.0. The predicted molar refractivity (Wildman–Crippen MR) is 150 cm³/mol. The van der Waals surface area contributed by atoms with E-state index in [2.05, 4.69) is 10.3 Å². The number of halogens is 5. The van der Waals surface area contributed by atoms with Gasteiger partial charge in [0.25, 0.3) is 0 Å². The average Bonchev–Trinajstić information content (AvgIpc) is 2.91. The minimum Gasteiger partial charge on any atom is -0.493 e. The zero-order chi connectivity index (χ0) is 28.7. The molecule has 1 aromatic heterocycles. The number of nitrogens with zero attached hydrogens (tertiary/aromatic N) is 2. The summed E-state index contributed by atoms with van der Waals surface area (Å²) in [5.74, 6) is -0.400. The third kappa shape index (κ3) is 5.85. The fraction of sp³-hybridized carbons (Fsp3) is 0.250. The lowest BCUT2D eigenvalue weighted by Crippen LogP contribution is -2.47. The Kier molecular flexibility index (Phi) is 7.89. The molecule has 0 amide bonds.